The summed E-state index contributed by atoms with van der Waals surface area (Å²) in [6, 6.07) is 10.3. The van der Waals surface area contributed by atoms with Gasteiger partial charge in [-0.05, 0) is 13.3 Å². The second kappa shape index (κ2) is 7.45. The SMILES string of the molecule is CC[C@@H](C)NC(=O)CSc1nc(-c2ccccc2)cs1. The molecule has 1 heterocycles. The van der Waals surface area contributed by atoms with Crippen molar-refractivity contribution in [3.8, 4) is 11.3 Å². The Morgan fingerprint density at radius 2 is 2.15 bits per heavy atom. The number of amides is 1. The van der Waals surface area contributed by atoms with Crippen molar-refractivity contribution in [3.05, 3.63) is 35.7 Å². The van der Waals surface area contributed by atoms with Crippen molar-refractivity contribution >= 4 is 29.0 Å². The number of carbonyl (C=O) groups excluding carboxylic acids is 1. The third kappa shape index (κ3) is 4.35. The number of thioether (sulfide) groups is 1. The van der Waals surface area contributed by atoms with Crippen LogP contribution in [0.15, 0.2) is 40.1 Å². The highest BCUT2D eigenvalue weighted by Crippen LogP contribution is 2.27. The molecule has 1 amide bonds. The van der Waals surface area contributed by atoms with Crippen LogP contribution in [0.3, 0.4) is 0 Å². The first-order chi connectivity index (χ1) is 9.69. The minimum atomic E-state index is 0.0702. The van der Waals surface area contributed by atoms with Gasteiger partial charge in [0, 0.05) is 17.0 Å². The Morgan fingerprint density at radius 3 is 2.85 bits per heavy atom. The van der Waals surface area contributed by atoms with Crippen molar-refractivity contribution in [1.82, 2.24) is 10.3 Å². The first-order valence-corrected chi connectivity index (χ1v) is 8.48. The van der Waals surface area contributed by atoms with Gasteiger partial charge in [-0.2, -0.15) is 0 Å². The molecule has 2 rings (SSSR count). The quantitative estimate of drug-likeness (QED) is 0.825. The number of aromatic nitrogens is 1. The molecule has 0 radical (unpaired) electrons. The molecule has 0 bridgehead atoms. The number of nitrogens with one attached hydrogen (secondary N) is 1. The molecule has 0 aliphatic carbocycles. The molecule has 0 fully saturated rings. The van der Waals surface area contributed by atoms with Crippen LogP contribution in [0.1, 0.15) is 20.3 Å². The van der Waals surface area contributed by atoms with Crippen molar-refractivity contribution in [2.75, 3.05) is 5.75 Å². The van der Waals surface area contributed by atoms with E-state index < -0.39 is 0 Å². The van der Waals surface area contributed by atoms with Gasteiger partial charge in [-0.3, -0.25) is 4.79 Å². The highest BCUT2D eigenvalue weighted by atomic mass is 32.2. The lowest BCUT2D eigenvalue weighted by molar-refractivity contribution is -0.119. The summed E-state index contributed by atoms with van der Waals surface area (Å²) in [5, 5.41) is 4.99. The van der Waals surface area contributed by atoms with Gasteiger partial charge in [0.2, 0.25) is 5.91 Å². The summed E-state index contributed by atoms with van der Waals surface area (Å²) in [6.07, 6.45) is 0.950. The Kier molecular flexibility index (Phi) is 5.61. The summed E-state index contributed by atoms with van der Waals surface area (Å²) in [4.78, 5) is 16.3. The topological polar surface area (TPSA) is 42.0 Å². The Balaban J connectivity index is 1.89. The number of hydrogen-bond donors (Lipinski definition) is 1. The normalized spacial score (nSPS) is 12.1. The van der Waals surface area contributed by atoms with E-state index in [2.05, 4.69) is 17.2 Å². The van der Waals surface area contributed by atoms with Gasteiger partial charge in [0.05, 0.1) is 11.4 Å². The van der Waals surface area contributed by atoms with Gasteiger partial charge in [-0.1, -0.05) is 49.0 Å². The molecular formula is C15H18N2OS2. The van der Waals surface area contributed by atoms with Crippen LogP contribution < -0.4 is 5.32 Å². The monoisotopic (exact) mass is 306 g/mol. The fourth-order valence-electron chi connectivity index (χ4n) is 1.61. The minimum Gasteiger partial charge on any atom is -0.353 e. The number of benzene rings is 1. The second-order valence-corrected chi connectivity index (χ2v) is 6.61. The van der Waals surface area contributed by atoms with Crippen LogP contribution in [0.5, 0.6) is 0 Å². The van der Waals surface area contributed by atoms with Crippen LogP contribution in [0.25, 0.3) is 11.3 Å². The number of carbonyl (C=O) groups is 1. The molecule has 2 aromatic rings. The van der Waals surface area contributed by atoms with Crippen molar-refractivity contribution < 1.29 is 4.79 Å². The van der Waals surface area contributed by atoms with E-state index in [1.54, 1.807) is 11.3 Å². The molecule has 0 saturated carbocycles. The van der Waals surface area contributed by atoms with E-state index in [1.807, 2.05) is 42.6 Å². The Hall–Kier alpha value is -1.33. The third-order valence-electron chi connectivity index (χ3n) is 2.90. The third-order valence-corrected chi connectivity index (χ3v) is 4.92. The molecule has 1 atom stereocenters. The average molecular weight is 306 g/mol. The van der Waals surface area contributed by atoms with Crippen LogP contribution in [0.2, 0.25) is 0 Å². The van der Waals surface area contributed by atoms with E-state index in [0.29, 0.717) is 5.75 Å². The summed E-state index contributed by atoms with van der Waals surface area (Å²) in [5.74, 6) is 0.493. The maximum Gasteiger partial charge on any atom is 0.230 e. The molecule has 106 valence electrons. The first kappa shape index (κ1) is 15.1. The molecule has 0 aliphatic rings. The largest absolute Gasteiger partial charge is 0.353 e. The van der Waals surface area contributed by atoms with Crippen LogP contribution in [0.4, 0.5) is 0 Å². The van der Waals surface area contributed by atoms with E-state index in [1.165, 1.54) is 11.8 Å². The number of rotatable bonds is 6. The summed E-state index contributed by atoms with van der Waals surface area (Å²) < 4.78 is 0.933. The summed E-state index contributed by atoms with van der Waals surface area (Å²) >= 11 is 3.07. The fourth-order valence-corrected chi connectivity index (χ4v) is 3.26. The molecule has 3 nitrogen and oxygen atoms in total. The molecule has 20 heavy (non-hydrogen) atoms. The van der Waals surface area contributed by atoms with E-state index >= 15 is 0 Å². The van der Waals surface area contributed by atoms with Gasteiger partial charge in [0.25, 0.3) is 0 Å². The van der Waals surface area contributed by atoms with Gasteiger partial charge >= 0.3 is 0 Å². The second-order valence-electron chi connectivity index (χ2n) is 4.53. The zero-order valence-electron chi connectivity index (χ0n) is 11.6. The number of nitrogens with zero attached hydrogens (tertiary/aromatic N) is 1. The lowest BCUT2D eigenvalue weighted by atomic mass is 10.2. The zero-order valence-corrected chi connectivity index (χ0v) is 13.3. The van der Waals surface area contributed by atoms with E-state index in [0.717, 1.165) is 22.0 Å². The summed E-state index contributed by atoms with van der Waals surface area (Å²) in [6.45, 7) is 4.07. The Bertz CT molecular complexity index is 554. The Morgan fingerprint density at radius 1 is 1.40 bits per heavy atom. The maximum atomic E-state index is 11.7. The molecule has 0 aliphatic heterocycles. The van der Waals surface area contributed by atoms with Crippen LogP contribution >= 0.6 is 23.1 Å². The maximum absolute atomic E-state index is 11.7. The van der Waals surface area contributed by atoms with Crippen molar-refractivity contribution in [1.29, 1.82) is 0 Å². The van der Waals surface area contributed by atoms with Crippen molar-refractivity contribution in [2.24, 2.45) is 0 Å². The predicted octanol–water partition coefficient (Wildman–Crippen LogP) is 3.82. The average Bonchev–Trinajstić information content (AvgIpc) is 2.95. The van der Waals surface area contributed by atoms with Gasteiger partial charge in [0.1, 0.15) is 0 Å². The van der Waals surface area contributed by atoms with Crippen LogP contribution in [-0.4, -0.2) is 22.7 Å². The van der Waals surface area contributed by atoms with Crippen LogP contribution in [0, 0.1) is 0 Å². The summed E-state index contributed by atoms with van der Waals surface area (Å²) in [7, 11) is 0. The molecule has 5 heteroatoms. The number of thiazole rings is 1. The smallest absolute Gasteiger partial charge is 0.230 e. The zero-order chi connectivity index (χ0) is 14.4. The molecule has 1 N–H and O–H groups in total. The van der Waals surface area contributed by atoms with Crippen LogP contribution in [-0.2, 0) is 4.79 Å². The lowest BCUT2D eigenvalue weighted by Crippen LogP contribution is -2.33. The fraction of sp³-hybridized carbons (Fsp3) is 0.333. The molecule has 1 aromatic heterocycles. The highest BCUT2D eigenvalue weighted by molar-refractivity contribution is 8.01. The molecular weight excluding hydrogens is 288 g/mol. The van der Waals surface area contributed by atoms with E-state index in [4.69, 9.17) is 0 Å². The van der Waals surface area contributed by atoms with Gasteiger partial charge in [-0.25, -0.2) is 4.98 Å². The highest BCUT2D eigenvalue weighted by Gasteiger charge is 2.09. The lowest BCUT2D eigenvalue weighted by Gasteiger charge is -2.10. The summed E-state index contributed by atoms with van der Waals surface area (Å²) in [5.41, 5.74) is 2.08. The predicted molar refractivity (Wildman–Crippen MR) is 86.2 cm³/mol. The Labute approximate surface area is 127 Å². The first-order valence-electron chi connectivity index (χ1n) is 6.62. The standard InChI is InChI=1S/C15H18N2OS2/c1-3-11(2)16-14(18)10-20-15-17-13(9-19-15)12-7-5-4-6-8-12/h4-9,11H,3,10H2,1-2H3,(H,16,18)/t11-/m1/s1. The van der Waals surface area contributed by atoms with Crippen molar-refractivity contribution in [2.45, 2.75) is 30.6 Å². The molecule has 0 spiro atoms. The van der Waals surface area contributed by atoms with E-state index in [9.17, 15) is 4.79 Å². The van der Waals surface area contributed by atoms with Gasteiger partial charge < -0.3 is 5.32 Å². The van der Waals surface area contributed by atoms with Gasteiger partial charge in [0.15, 0.2) is 4.34 Å². The van der Waals surface area contributed by atoms with Crippen molar-refractivity contribution in [3.63, 3.8) is 0 Å². The minimum absolute atomic E-state index is 0.0702. The van der Waals surface area contributed by atoms with Gasteiger partial charge in [-0.15, -0.1) is 11.3 Å². The number of hydrogen-bond acceptors (Lipinski definition) is 4. The molecule has 1 aromatic carbocycles. The molecule has 0 unspecified atom stereocenters. The van der Waals surface area contributed by atoms with E-state index in [-0.39, 0.29) is 11.9 Å². The molecule has 0 saturated heterocycles.